The van der Waals surface area contributed by atoms with Crippen molar-refractivity contribution in [3.8, 4) is 11.5 Å². The molecule has 3 atom stereocenters. The number of likely N-dealkylation sites (tertiary alicyclic amines) is 1. The highest BCUT2D eigenvalue weighted by Gasteiger charge is 2.29. The summed E-state index contributed by atoms with van der Waals surface area (Å²) < 4.78 is 39.8. The van der Waals surface area contributed by atoms with Gasteiger partial charge in [-0.15, -0.1) is 0 Å². The van der Waals surface area contributed by atoms with Gasteiger partial charge < -0.3 is 19.7 Å². The molecule has 9 heteroatoms. The number of nitrogens with one attached hydrogen (secondary N) is 2. The van der Waals surface area contributed by atoms with Gasteiger partial charge in [0.15, 0.2) is 11.5 Å². The number of benzene rings is 1. The van der Waals surface area contributed by atoms with Crippen molar-refractivity contribution in [3.05, 3.63) is 18.2 Å². The summed E-state index contributed by atoms with van der Waals surface area (Å²) in [5.41, 5.74) is 0. The second kappa shape index (κ2) is 11.5. The summed E-state index contributed by atoms with van der Waals surface area (Å²) in [7, 11) is -3.91. The van der Waals surface area contributed by atoms with Gasteiger partial charge in [-0.3, -0.25) is 4.79 Å². The van der Waals surface area contributed by atoms with Gasteiger partial charge in [0.2, 0.25) is 15.9 Å². The van der Waals surface area contributed by atoms with Crippen LogP contribution in [0.3, 0.4) is 0 Å². The second-order valence-corrected chi connectivity index (χ2v) is 11.6. The van der Waals surface area contributed by atoms with Crippen LogP contribution in [0.25, 0.3) is 0 Å². The van der Waals surface area contributed by atoms with Crippen molar-refractivity contribution in [2.45, 2.75) is 57.9 Å². The van der Waals surface area contributed by atoms with Crippen LogP contribution in [0.5, 0.6) is 11.5 Å². The number of amides is 1. The minimum Gasteiger partial charge on any atom is -0.490 e. The first-order valence-corrected chi connectivity index (χ1v) is 13.6. The van der Waals surface area contributed by atoms with Gasteiger partial charge in [0.05, 0.1) is 18.1 Å². The quantitative estimate of drug-likeness (QED) is 0.527. The molecule has 8 nitrogen and oxygen atoms in total. The zero-order chi connectivity index (χ0) is 24.0. The SMILES string of the molecule is CC1CC(C)CN(CCCNC(=O)C(NS(=O)(=O)c2ccc3c(c2)OCCCO3)C(C)C)C1. The first kappa shape index (κ1) is 25.8. The summed E-state index contributed by atoms with van der Waals surface area (Å²) >= 11 is 0. The van der Waals surface area contributed by atoms with Crippen LogP contribution in [0.1, 0.15) is 47.0 Å². The van der Waals surface area contributed by atoms with Gasteiger partial charge in [-0.25, -0.2) is 8.42 Å². The van der Waals surface area contributed by atoms with Crippen LogP contribution in [0.15, 0.2) is 23.1 Å². The van der Waals surface area contributed by atoms with Crippen molar-refractivity contribution in [2.75, 3.05) is 39.4 Å². The predicted molar refractivity (Wildman–Crippen MR) is 128 cm³/mol. The fraction of sp³-hybridized carbons (Fsp3) is 0.708. The van der Waals surface area contributed by atoms with Gasteiger partial charge in [0, 0.05) is 32.1 Å². The van der Waals surface area contributed by atoms with E-state index in [9.17, 15) is 13.2 Å². The molecule has 1 aromatic carbocycles. The zero-order valence-corrected chi connectivity index (χ0v) is 21.1. The molecule has 2 aliphatic heterocycles. The number of carbonyl (C=O) groups excluding carboxylic acids is 1. The molecule has 186 valence electrons. The lowest BCUT2D eigenvalue weighted by Gasteiger charge is -2.35. The number of hydrogen-bond acceptors (Lipinski definition) is 6. The van der Waals surface area contributed by atoms with Gasteiger partial charge in [-0.1, -0.05) is 27.7 Å². The fourth-order valence-electron chi connectivity index (χ4n) is 4.64. The molecule has 33 heavy (non-hydrogen) atoms. The summed E-state index contributed by atoms with van der Waals surface area (Å²) in [5, 5.41) is 2.92. The lowest BCUT2D eigenvalue weighted by atomic mass is 9.92. The van der Waals surface area contributed by atoms with Gasteiger partial charge >= 0.3 is 0 Å². The van der Waals surface area contributed by atoms with Gasteiger partial charge in [0.25, 0.3) is 0 Å². The maximum Gasteiger partial charge on any atom is 0.241 e. The van der Waals surface area contributed by atoms with Crippen molar-refractivity contribution >= 4 is 15.9 Å². The van der Waals surface area contributed by atoms with Crippen molar-refractivity contribution in [2.24, 2.45) is 17.8 Å². The van der Waals surface area contributed by atoms with Gasteiger partial charge in [-0.2, -0.15) is 4.72 Å². The van der Waals surface area contributed by atoms with Crippen LogP contribution in [-0.2, 0) is 14.8 Å². The standard InChI is InChI=1S/C24H39N3O5S/c1-17(2)23(24(28)25-9-5-10-27-15-18(3)13-19(4)16-27)26-33(29,30)20-7-8-21-22(14-20)32-12-6-11-31-21/h7-8,14,17-19,23,26H,5-6,9-13,15-16H2,1-4H3,(H,25,28). The van der Waals surface area contributed by atoms with E-state index >= 15 is 0 Å². The minimum absolute atomic E-state index is 0.0542. The molecule has 1 fully saturated rings. The molecule has 0 spiro atoms. The zero-order valence-electron chi connectivity index (χ0n) is 20.3. The normalized spacial score (nSPS) is 22.6. The maximum atomic E-state index is 13.0. The third kappa shape index (κ3) is 7.32. The highest BCUT2D eigenvalue weighted by Crippen LogP contribution is 2.32. The van der Waals surface area contributed by atoms with Crippen molar-refractivity contribution < 1.29 is 22.7 Å². The van der Waals surface area contributed by atoms with Crippen molar-refractivity contribution in [3.63, 3.8) is 0 Å². The number of carbonyl (C=O) groups is 1. The summed E-state index contributed by atoms with van der Waals surface area (Å²) in [6, 6.07) is 3.67. The Morgan fingerprint density at radius 2 is 1.79 bits per heavy atom. The van der Waals surface area contributed by atoms with Gasteiger partial charge in [-0.05, 0) is 49.3 Å². The molecule has 2 aliphatic rings. The molecule has 0 bridgehead atoms. The molecule has 1 saturated heterocycles. The number of hydrogen-bond donors (Lipinski definition) is 2. The van der Waals surface area contributed by atoms with Gasteiger partial charge in [0.1, 0.15) is 6.04 Å². The summed E-state index contributed by atoms with van der Waals surface area (Å²) in [5.74, 6) is 1.83. The van der Waals surface area contributed by atoms with Crippen molar-refractivity contribution in [1.82, 2.24) is 14.9 Å². The summed E-state index contributed by atoms with van der Waals surface area (Å²) in [6.07, 6.45) is 2.85. The van der Waals surface area contributed by atoms with E-state index in [1.54, 1.807) is 6.07 Å². The third-order valence-corrected chi connectivity index (χ3v) is 7.59. The molecule has 0 radical (unpaired) electrons. The van der Waals surface area contributed by atoms with E-state index in [1.807, 2.05) is 13.8 Å². The Morgan fingerprint density at radius 1 is 1.12 bits per heavy atom. The molecule has 1 amide bonds. The summed E-state index contributed by atoms with van der Waals surface area (Å²) in [6.45, 7) is 12.9. The Bertz CT molecular complexity index is 895. The second-order valence-electron chi connectivity index (χ2n) is 9.85. The highest BCUT2D eigenvalue weighted by molar-refractivity contribution is 7.89. The first-order valence-electron chi connectivity index (χ1n) is 12.1. The molecule has 2 heterocycles. The molecule has 2 N–H and O–H groups in total. The van der Waals surface area contributed by atoms with Crippen LogP contribution in [0.2, 0.25) is 0 Å². The Morgan fingerprint density at radius 3 is 2.45 bits per heavy atom. The number of fused-ring (bicyclic) bond motifs is 1. The molecular formula is C24H39N3O5S. The molecular weight excluding hydrogens is 442 g/mol. The number of piperidine rings is 1. The predicted octanol–water partition coefficient (Wildman–Crippen LogP) is 2.64. The minimum atomic E-state index is -3.91. The lowest BCUT2D eigenvalue weighted by Crippen LogP contribution is -2.50. The van der Waals surface area contributed by atoms with Crippen LogP contribution >= 0.6 is 0 Å². The Labute approximate surface area is 198 Å². The number of nitrogens with zero attached hydrogens (tertiary/aromatic N) is 1. The van der Waals surface area contributed by atoms with E-state index in [-0.39, 0.29) is 16.7 Å². The molecule has 0 saturated carbocycles. The number of sulfonamides is 1. The lowest BCUT2D eigenvalue weighted by molar-refractivity contribution is -0.123. The van der Waals surface area contributed by atoms with E-state index in [4.69, 9.17) is 9.47 Å². The van der Waals surface area contributed by atoms with E-state index in [0.29, 0.717) is 43.1 Å². The smallest absolute Gasteiger partial charge is 0.241 e. The molecule has 0 aliphatic carbocycles. The molecule has 3 rings (SSSR count). The van der Waals surface area contributed by atoms with E-state index < -0.39 is 16.1 Å². The van der Waals surface area contributed by atoms with Crippen LogP contribution in [0.4, 0.5) is 0 Å². The van der Waals surface area contributed by atoms with Crippen LogP contribution < -0.4 is 19.5 Å². The molecule has 1 aromatic rings. The third-order valence-electron chi connectivity index (χ3n) is 6.16. The molecule has 0 aromatic heterocycles. The monoisotopic (exact) mass is 481 g/mol. The Kier molecular flexibility index (Phi) is 9.01. The average molecular weight is 482 g/mol. The largest absolute Gasteiger partial charge is 0.490 e. The van der Waals surface area contributed by atoms with Crippen LogP contribution in [-0.4, -0.2) is 64.7 Å². The molecule has 3 unspecified atom stereocenters. The fourth-order valence-corrected chi connectivity index (χ4v) is 6.00. The summed E-state index contributed by atoms with van der Waals surface area (Å²) in [4.78, 5) is 15.3. The van der Waals surface area contributed by atoms with E-state index in [0.717, 1.165) is 32.5 Å². The topological polar surface area (TPSA) is 97.0 Å². The highest BCUT2D eigenvalue weighted by atomic mass is 32.2. The van der Waals surface area contributed by atoms with Crippen molar-refractivity contribution in [1.29, 1.82) is 0 Å². The van der Waals surface area contributed by atoms with Crippen LogP contribution in [0, 0.1) is 17.8 Å². The van der Waals surface area contributed by atoms with E-state index in [1.165, 1.54) is 18.6 Å². The first-order chi connectivity index (χ1) is 15.7. The number of rotatable bonds is 9. The average Bonchev–Trinajstić information content (AvgIpc) is 2.99. The number of ether oxygens (including phenoxy) is 2. The maximum absolute atomic E-state index is 13.0. The Balaban J connectivity index is 1.55. The Hall–Kier alpha value is -1.84. The van der Waals surface area contributed by atoms with E-state index in [2.05, 4.69) is 28.8 Å².